The van der Waals surface area contributed by atoms with Crippen molar-refractivity contribution in [2.75, 3.05) is 6.54 Å². The van der Waals surface area contributed by atoms with Crippen molar-refractivity contribution in [3.8, 4) is 0 Å². The molecule has 1 amide bonds. The number of nitrogens with two attached hydrogens (primary N) is 2. The van der Waals surface area contributed by atoms with Crippen molar-refractivity contribution in [2.45, 2.75) is 43.7 Å². The Bertz CT molecular complexity index is 792. The number of aliphatic carboxylic acids is 1. The van der Waals surface area contributed by atoms with E-state index >= 15 is 0 Å². The zero-order valence-electron chi connectivity index (χ0n) is 16.2. The first-order valence-electron chi connectivity index (χ1n) is 8.20. The number of amides is 1. The minimum absolute atomic E-state index is 0. The second-order valence-electron chi connectivity index (χ2n) is 6.00. The lowest BCUT2D eigenvalue weighted by Crippen LogP contribution is -2.50. The molecule has 0 radical (unpaired) electrons. The van der Waals surface area contributed by atoms with Gasteiger partial charge in [-0.05, 0) is 38.8 Å². The van der Waals surface area contributed by atoms with Crippen LogP contribution in [0.1, 0.15) is 25.3 Å². The van der Waals surface area contributed by atoms with Gasteiger partial charge in [0.25, 0.3) is 0 Å². The summed E-state index contributed by atoms with van der Waals surface area (Å²) in [5, 5.41) is 11.5. The average molecular weight is 436 g/mol. The molecule has 0 aliphatic heterocycles. The first-order valence-corrected chi connectivity index (χ1v) is 9.69. The number of hydrogen-bond donors (Lipinski definition) is 5. The van der Waals surface area contributed by atoms with Crippen molar-refractivity contribution in [3.05, 3.63) is 29.8 Å². The average Bonchev–Trinajstić information content (AvgIpc) is 2.56. The van der Waals surface area contributed by atoms with E-state index in [1.54, 1.807) is 12.1 Å². The number of aliphatic imine (C=N–C) groups is 1. The summed E-state index contributed by atoms with van der Waals surface area (Å²) in [5.74, 6) is -2.09. The molecule has 0 bridgehead atoms. The first kappa shape index (κ1) is 28.5. The van der Waals surface area contributed by atoms with Gasteiger partial charge in [-0.1, -0.05) is 17.7 Å². The highest BCUT2D eigenvalue weighted by molar-refractivity contribution is 7.89. The lowest BCUT2D eigenvalue weighted by atomic mass is 10.1. The Morgan fingerprint density at radius 1 is 1.17 bits per heavy atom. The topological polar surface area (TPSA) is 240 Å². The number of hydrogen-bond acceptors (Lipinski definition) is 5. The standard InChI is InChI=1S/C16H25N5O5S.2H2O/c1-10-5-7-12(8-6-10)27(25,26)21-11(2)14(22)20-13(15(23)24)4-3-9-19-16(17)18;;/h5-8,11,13,21H,3-4,9H2,1-2H3,(H,20,22)(H,23,24)(H4,17,18,19);2*1H2/t11?,13-;;/m0../s1. The van der Waals surface area contributed by atoms with E-state index in [1.165, 1.54) is 19.1 Å². The van der Waals surface area contributed by atoms with Crippen molar-refractivity contribution in [3.63, 3.8) is 0 Å². The summed E-state index contributed by atoms with van der Waals surface area (Å²) in [6.07, 6.45) is 0.425. The van der Waals surface area contributed by atoms with Gasteiger partial charge in [-0.25, -0.2) is 13.2 Å². The molecule has 0 aromatic heterocycles. The third-order valence-corrected chi connectivity index (χ3v) is 5.17. The largest absolute Gasteiger partial charge is 0.480 e. The van der Waals surface area contributed by atoms with Crippen LogP contribution in [0.15, 0.2) is 34.2 Å². The van der Waals surface area contributed by atoms with Crippen molar-refractivity contribution in [2.24, 2.45) is 16.5 Å². The number of aryl methyl sites for hydroxylation is 1. The Balaban J connectivity index is 0. The van der Waals surface area contributed by atoms with Crippen LogP contribution in [-0.2, 0) is 19.6 Å². The van der Waals surface area contributed by atoms with Crippen LogP contribution in [0.5, 0.6) is 0 Å². The lowest BCUT2D eigenvalue weighted by molar-refractivity contribution is -0.142. The highest BCUT2D eigenvalue weighted by Crippen LogP contribution is 2.10. The Kier molecular flexibility index (Phi) is 12.4. The van der Waals surface area contributed by atoms with Crippen LogP contribution >= 0.6 is 0 Å². The summed E-state index contributed by atoms with van der Waals surface area (Å²) in [4.78, 5) is 27.2. The zero-order valence-corrected chi connectivity index (χ0v) is 17.0. The number of carbonyl (C=O) groups is 2. The van der Waals surface area contributed by atoms with Crippen molar-refractivity contribution in [1.82, 2.24) is 10.0 Å². The normalized spacial score (nSPS) is 12.5. The quantitative estimate of drug-likeness (QED) is 0.152. The fourth-order valence-corrected chi connectivity index (χ4v) is 3.33. The molecule has 13 heteroatoms. The number of guanidine groups is 1. The van der Waals surface area contributed by atoms with Crippen LogP contribution in [0, 0.1) is 6.92 Å². The van der Waals surface area contributed by atoms with Crippen LogP contribution in [0.2, 0.25) is 0 Å². The monoisotopic (exact) mass is 435 g/mol. The molecular weight excluding hydrogens is 406 g/mol. The number of carboxylic acid groups (broad SMARTS) is 1. The third-order valence-electron chi connectivity index (χ3n) is 3.62. The van der Waals surface area contributed by atoms with E-state index < -0.39 is 34.0 Å². The minimum Gasteiger partial charge on any atom is -0.480 e. The second kappa shape index (κ2) is 12.7. The predicted octanol–water partition coefficient (Wildman–Crippen LogP) is -2.36. The lowest BCUT2D eigenvalue weighted by Gasteiger charge is -2.18. The van der Waals surface area contributed by atoms with Gasteiger partial charge in [-0.2, -0.15) is 4.72 Å². The van der Waals surface area contributed by atoms with E-state index in [1.807, 2.05) is 6.92 Å². The molecular formula is C16H29N5O7S. The van der Waals surface area contributed by atoms with Gasteiger partial charge < -0.3 is 32.8 Å². The van der Waals surface area contributed by atoms with Gasteiger partial charge in [-0.15, -0.1) is 0 Å². The molecule has 0 fully saturated rings. The van der Waals surface area contributed by atoms with Crippen LogP contribution in [0.4, 0.5) is 0 Å². The summed E-state index contributed by atoms with van der Waals surface area (Å²) >= 11 is 0. The predicted molar refractivity (Wildman–Crippen MR) is 108 cm³/mol. The van der Waals surface area contributed by atoms with Gasteiger partial charge in [0.15, 0.2) is 5.96 Å². The van der Waals surface area contributed by atoms with Crippen LogP contribution in [0.3, 0.4) is 0 Å². The summed E-state index contributed by atoms with van der Waals surface area (Å²) in [5.41, 5.74) is 11.3. The van der Waals surface area contributed by atoms with Gasteiger partial charge in [-0.3, -0.25) is 9.79 Å². The molecule has 12 nitrogen and oxygen atoms in total. The van der Waals surface area contributed by atoms with Crippen molar-refractivity contribution in [1.29, 1.82) is 0 Å². The fraction of sp³-hybridized carbons (Fsp3) is 0.438. The maximum absolute atomic E-state index is 12.3. The number of rotatable bonds is 10. The van der Waals surface area contributed by atoms with E-state index in [9.17, 15) is 23.1 Å². The number of nitrogens with one attached hydrogen (secondary N) is 2. The van der Waals surface area contributed by atoms with Gasteiger partial charge in [0.2, 0.25) is 15.9 Å². The van der Waals surface area contributed by atoms with Gasteiger partial charge in [0.05, 0.1) is 10.9 Å². The molecule has 0 saturated carbocycles. The number of benzene rings is 1. The van der Waals surface area contributed by atoms with Gasteiger partial charge in [0.1, 0.15) is 6.04 Å². The molecule has 0 spiro atoms. The second-order valence-corrected chi connectivity index (χ2v) is 7.72. The zero-order chi connectivity index (χ0) is 20.6. The maximum atomic E-state index is 12.3. The molecule has 0 aliphatic rings. The molecule has 0 saturated heterocycles. The highest BCUT2D eigenvalue weighted by atomic mass is 32.2. The van der Waals surface area contributed by atoms with Gasteiger partial charge in [0, 0.05) is 6.54 Å². The Hall–Kier alpha value is -2.74. The molecule has 166 valence electrons. The maximum Gasteiger partial charge on any atom is 0.326 e. The number of carbonyl (C=O) groups excluding carboxylic acids is 1. The van der Waals surface area contributed by atoms with Gasteiger partial charge >= 0.3 is 5.97 Å². The Labute approximate surface area is 169 Å². The van der Waals surface area contributed by atoms with Crippen molar-refractivity contribution < 1.29 is 34.1 Å². The first-order chi connectivity index (χ1) is 12.5. The smallest absolute Gasteiger partial charge is 0.326 e. The van der Waals surface area contributed by atoms with Crippen LogP contribution in [-0.4, -0.2) is 60.9 Å². The van der Waals surface area contributed by atoms with E-state index in [0.29, 0.717) is 6.42 Å². The van der Waals surface area contributed by atoms with E-state index in [0.717, 1.165) is 5.56 Å². The Morgan fingerprint density at radius 3 is 2.21 bits per heavy atom. The third kappa shape index (κ3) is 9.84. The summed E-state index contributed by atoms with van der Waals surface area (Å²) in [7, 11) is -3.91. The van der Waals surface area contributed by atoms with E-state index in [-0.39, 0.29) is 34.8 Å². The molecule has 1 aromatic carbocycles. The molecule has 1 rings (SSSR count). The molecule has 0 heterocycles. The number of nitrogens with zero attached hydrogens (tertiary/aromatic N) is 1. The Morgan fingerprint density at radius 2 is 1.72 bits per heavy atom. The SMILES string of the molecule is Cc1ccc(S(=O)(=O)NC(C)C(=O)N[C@@H](CCCN=C(N)N)C(=O)O)cc1.O.O. The molecule has 1 aromatic rings. The van der Waals surface area contributed by atoms with E-state index in [2.05, 4.69) is 15.0 Å². The van der Waals surface area contributed by atoms with E-state index in [4.69, 9.17) is 11.5 Å². The number of carboxylic acids is 1. The highest BCUT2D eigenvalue weighted by Gasteiger charge is 2.26. The van der Waals surface area contributed by atoms with Crippen molar-refractivity contribution >= 4 is 27.9 Å². The summed E-state index contributed by atoms with van der Waals surface area (Å²) in [6.45, 7) is 3.37. The summed E-state index contributed by atoms with van der Waals surface area (Å²) < 4.78 is 26.8. The van der Waals surface area contributed by atoms with Crippen LogP contribution in [0.25, 0.3) is 0 Å². The molecule has 2 atom stereocenters. The molecule has 29 heavy (non-hydrogen) atoms. The number of sulfonamides is 1. The molecule has 11 N–H and O–H groups in total. The minimum atomic E-state index is -3.91. The molecule has 0 aliphatic carbocycles. The summed E-state index contributed by atoms with van der Waals surface area (Å²) in [6, 6.07) is 3.78. The fourth-order valence-electron chi connectivity index (χ4n) is 2.13. The molecule has 1 unspecified atom stereocenters. The van der Waals surface area contributed by atoms with Crippen LogP contribution < -0.4 is 21.5 Å².